The third-order valence-corrected chi connectivity index (χ3v) is 7.34. The van der Waals surface area contributed by atoms with Gasteiger partial charge in [-0.3, -0.25) is 4.79 Å². The Balaban J connectivity index is 1.78. The van der Waals surface area contributed by atoms with Crippen molar-refractivity contribution in [1.82, 2.24) is 0 Å². The van der Waals surface area contributed by atoms with Crippen LogP contribution in [0.3, 0.4) is 0 Å². The Morgan fingerprint density at radius 1 is 1.21 bits per heavy atom. The van der Waals surface area contributed by atoms with Crippen LogP contribution in [0.5, 0.6) is 5.75 Å². The van der Waals surface area contributed by atoms with Crippen molar-refractivity contribution in [2.75, 3.05) is 6.61 Å². The minimum Gasteiger partial charge on any atom is -0.490 e. The number of thioether (sulfide) groups is 1. The van der Waals surface area contributed by atoms with Crippen molar-refractivity contribution in [3.8, 4) is 5.75 Å². The molecule has 0 N–H and O–H groups in total. The van der Waals surface area contributed by atoms with Crippen molar-refractivity contribution < 1.29 is 18.3 Å². The Bertz CT molecular complexity index is 902. The van der Waals surface area contributed by atoms with Crippen LogP contribution in [0.1, 0.15) is 37.3 Å². The second-order valence-electron chi connectivity index (χ2n) is 7.71. The Morgan fingerprint density at radius 2 is 1.93 bits per heavy atom. The van der Waals surface area contributed by atoms with Crippen LogP contribution in [0.25, 0.3) is 0 Å². The average Bonchev–Trinajstić information content (AvgIpc) is 2.66. The number of fused-ring (bicyclic) bond motifs is 3. The van der Waals surface area contributed by atoms with Gasteiger partial charge in [0.15, 0.2) is 16.7 Å². The Morgan fingerprint density at radius 3 is 2.64 bits per heavy atom. The maximum atomic E-state index is 15.0. The van der Waals surface area contributed by atoms with E-state index in [0.717, 1.165) is 24.5 Å². The standard InChI is InChI=1S/C22H21ClF2O2S/c1-13(26)28-17-8-9-22(11-14-2-4-16(23)5-3-14)15(10-17)12-27-21-19(25)7-6-18(24)20(21)22/h2-7,15,17H,8-12H2,1H3/t15-,17-,22+/m1/s1. The molecule has 0 spiro atoms. The van der Waals surface area contributed by atoms with Crippen LogP contribution >= 0.6 is 23.4 Å². The summed E-state index contributed by atoms with van der Waals surface area (Å²) in [6.45, 7) is 1.90. The fourth-order valence-electron chi connectivity index (χ4n) is 4.79. The van der Waals surface area contributed by atoms with Crippen molar-refractivity contribution in [2.45, 2.75) is 43.3 Å². The van der Waals surface area contributed by atoms with Crippen molar-refractivity contribution >= 4 is 28.5 Å². The SMILES string of the molecule is CC(=O)S[C@@H]1CC[C@@]2(Cc3ccc(Cl)cc3)c3c(F)ccc(F)c3OC[C@H]2C1. The molecule has 1 aliphatic heterocycles. The first-order chi connectivity index (χ1) is 13.4. The molecule has 2 aromatic rings. The molecule has 4 rings (SSSR count). The highest BCUT2D eigenvalue weighted by Gasteiger charge is 2.51. The van der Waals surface area contributed by atoms with Gasteiger partial charge in [-0.1, -0.05) is 35.5 Å². The predicted octanol–water partition coefficient (Wildman–Crippen LogP) is 5.94. The number of ether oxygens (including phenoxy) is 1. The number of hydrogen-bond acceptors (Lipinski definition) is 3. The highest BCUT2D eigenvalue weighted by atomic mass is 35.5. The van der Waals surface area contributed by atoms with Gasteiger partial charge in [-0.05, 0) is 55.5 Å². The second-order valence-corrected chi connectivity index (χ2v) is 9.62. The van der Waals surface area contributed by atoms with Crippen LogP contribution < -0.4 is 4.74 Å². The molecule has 2 nitrogen and oxygen atoms in total. The third-order valence-electron chi connectivity index (χ3n) is 5.99. The molecule has 0 radical (unpaired) electrons. The van der Waals surface area contributed by atoms with E-state index in [0.29, 0.717) is 30.0 Å². The molecule has 0 amide bonds. The lowest BCUT2D eigenvalue weighted by Crippen LogP contribution is -2.49. The van der Waals surface area contributed by atoms with Crippen molar-refractivity contribution in [3.63, 3.8) is 0 Å². The molecule has 148 valence electrons. The largest absolute Gasteiger partial charge is 0.490 e. The Hall–Kier alpha value is -1.59. The maximum Gasteiger partial charge on any atom is 0.186 e. The quantitative estimate of drug-likeness (QED) is 0.612. The van der Waals surface area contributed by atoms with Crippen LogP contribution in [-0.2, 0) is 16.6 Å². The minimum absolute atomic E-state index is 0.0116. The van der Waals surface area contributed by atoms with E-state index in [1.807, 2.05) is 24.3 Å². The molecule has 2 aromatic carbocycles. The van der Waals surface area contributed by atoms with Gasteiger partial charge in [0.1, 0.15) is 5.82 Å². The molecule has 1 saturated carbocycles. The summed E-state index contributed by atoms with van der Waals surface area (Å²) < 4.78 is 35.2. The molecule has 1 fully saturated rings. The van der Waals surface area contributed by atoms with E-state index in [4.69, 9.17) is 16.3 Å². The maximum absolute atomic E-state index is 15.0. The minimum atomic E-state index is -0.554. The average molecular weight is 423 g/mol. The predicted molar refractivity (Wildman–Crippen MR) is 108 cm³/mol. The van der Waals surface area contributed by atoms with Gasteiger partial charge < -0.3 is 4.74 Å². The van der Waals surface area contributed by atoms with Crippen molar-refractivity contribution in [1.29, 1.82) is 0 Å². The summed E-state index contributed by atoms with van der Waals surface area (Å²) in [7, 11) is 0. The normalized spacial score (nSPS) is 26.1. The van der Waals surface area contributed by atoms with E-state index in [1.165, 1.54) is 17.8 Å². The fourth-order valence-corrected chi connectivity index (χ4v) is 5.95. The summed E-state index contributed by atoms with van der Waals surface area (Å²) in [5.74, 6) is -0.890. The summed E-state index contributed by atoms with van der Waals surface area (Å²) in [4.78, 5) is 11.6. The molecule has 3 atom stereocenters. The number of halogens is 3. The monoisotopic (exact) mass is 422 g/mol. The summed E-state index contributed by atoms with van der Waals surface area (Å²) in [6, 6.07) is 9.85. The summed E-state index contributed by atoms with van der Waals surface area (Å²) in [5.41, 5.74) is 0.829. The summed E-state index contributed by atoms with van der Waals surface area (Å²) in [6.07, 6.45) is 2.79. The third kappa shape index (κ3) is 3.55. The molecule has 28 heavy (non-hydrogen) atoms. The van der Waals surface area contributed by atoms with Crippen LogP contribution in [0, 0.1) is 17.6 Å². The van der Waals surface area contributed by atoms with Crippen LogP contribution in [0.2, 0.25) is 5.02 Å². The number of hydrogen-bond donors (Lipinski definition) is 0. The first-order valence-corrected chi connectivity index (χ1v) is 10.7. The smallest absolute Gasteiger partial charge is 0.186 e. The zero-order valence-electron chi connectivity index (χ0n) is 15.5. The van der Waals surface area contributed by atoms with Gasteiger partial charge in [-0.2, -0.15) is 0 Å². The summed E-state index contributed by atoms with van der Waals surface area (Å²) >= 11 is 7.37. The topological polar surface area (TPSA) is 26.3 Å². The Labute approximate surface area is 172 Å². The highest BCUT2D eigenvalue weighted by Crippen LogP contribution is 2.54. The van der Waals surface area contributed by atoms with Crippen LogP contribution in [0.4, 0.5) is 8.78 Å². The van der Waals surface area contributed by atoms with Gasteiger partial charge >= 0.3 is 0 Å². The van der Waals surface area contributed by atoms with Crippen LogP contribution in [0.15, 0.2) is 36.4 Å². The lowest BCUT2D eigenvalue weighted by atomic mass is 9.58. The molecule has 6 heteroatoms. The van der Waals surface area contributed by atoms with Crippen LogP contribution in [-0.4, -0.2) is 17.0 Å². The second kappa shape index (κ2) is 7.68. The van der Waals surface area contributed by atoms with Crippen molar-refractivity contribution in [3.05, 3.63) is 64.2 Å². The molecule has 0 aromatic heterocycles. The van der Waals surface area contributed by atoms with E-state index in [-0.39, 0.29) is 22.0 Å². The van der Waals surface area contributed by atoms with E-state index >= 15 is 4.39 Å². The Kier molecular flexibility index (Phi) is 5.41. The molecular formula is C22H21ClF2O2S. The van der Waals surface area contributed by atoms with E-state index in [2.05, 4.69) is 0 Å². The number of rotatable bonds is 3. The molecule has 1 heterocycles. The van der Waals surface area contributed by atoms with Gasteiger partial charge in [0.25, 0.3) is 0 Å². The molecule has 2 aliphatic rings. The van der Waals surface area contributed by atoms with Gasteiger partial charge in [-0.25, -0.2) is 8.78 Å². The molecule has 0 unspecified atom stereocenters. The molecule has 1 aliphatic carbocycles. The fraction of sp³-hybridized carbons (Fsp3) is 0.409. The van der Waals surface area contributed by atoms with Gasteiger partial charge in [0, 0.05) is 34.1 Å². The number of carbonyl (C=O) groups excluding carboxylic acids is 1. The number of carbonyl (C=O) groups is 1. The van der Waals surface area contributed by atoms with E-state index < -0.39 is 17.0 Å². The van der Waals surface area contributed by atoms with E-state index in [9.17, 15) is 9.18 Å². The lowest BCUT2D eigenvalue weighted by molar-refractivity contribution is -0.109. The highest BCUT2D eigenvalue weighted by molar-refractivity contribution is 8.14. The zero-order valence-corrected chi connectivity index (χ0v) is 17.1. The van der Waals surface area contributed by atoms with Gasteiger partial charge in [0.05, 0.1) is 6.61 Å². The zero-order chi connectivity index (χ0) is 19.9. The van der Waals surface area contributed by atoms with Gasteiger partial charge in [0.2, 0.25) is 0 Å². The first-order valence-electron chi connectivity index (χ1n) is 9.42. The molecule has 0 saturated heterocycles. The lowest BCUT2D eigenvalue weighted by Gasteiger charge is -2.50. The molecular weight excluding hydrogens is 402 g/mol. The van der Waals surface area contributed by atoms with Gasteiger partial charge in [-0.15, -0.1) is 0 Å². The first kappa shape index (κ1) is 19.7. The van der Waals surface area contributed by atoms with Crippen molar-refractivity contribution in [2.24, 2.45) is 5.92 Å². The van der Waals surface area contributed by atoms with E-state index in [1.54, 1.807) is 6.92 Å². The molecule has 0 bridgehead atoms. The number of benzene rings is 2. The summed E-state index contributed by atoms with van der Waals surface area (Å²) in [5, 5.41) is 0.913.